The van der Waals surface area contributed by atoms with Crippen molar-refractivity contribution in [2.45, 2.75) is 4.90 Å². The number of hydrogen-bond donors (Lipinski definition) is 0. The standard InChI is InChI=1S/C9H7N3S/c1-2-4-9-8(3-1)10-7-13(9)6-5-11-12-13/h1-7H. The zero-order valence-corrected chi connectivity index (χ0v) is 7.61. The van der Waals surface area contributed by atoms with Crippen molar-refractivity contribution in [1.29, 1.82) is 0 Å². The van der Waals surface area contributed by atoms with E-state index in [4.69, 9.17) is 0 Å². The molecule has 1 unspecified atom stereocenters. The lowest BCUT2D eigenvalue weighted by atomic mass is 10.3. The highest BCUT2D eigenvalue weighted by Crippen LogP contribution is 2.65. The largest absolute Gasteiger partial charge is 0.248 e. The summed E-state index contributed by atoms with van der Waals surface area (Å²) in [7, 11) is -1.30. The quantitative estimate of drug-likeness (QED) is 0.600. The first kappa shape index (κ1) is 7.03. The number of nitrogens with zero attached hydrogens (tertiary/aromatic N) is 3. The van der Waals surface area contributed by atoms with Crippen LogP contribution in [0.5, 0.6) is 0 Å². The van der Waals surface area contributed by atoms with Crippen molar-refractivity contribution >= 4 is 21.4 Å². The van der Waals surface area contributed by atoms with E-state index in [9.17, 15) is 0 Å². The molecular formula is C9H7N3S. The summed E-state index contributed by atoms with van der Waals surface area (Å²) in [5, 5.41) is 5.95. The van der Waals surface area contributed by atoms with Gasteiger partial charge < -0.3 is 0 Å². The first-order chi connectivity index (χ1) is 6.41. The van der Waals surface area contributed by atoms with Gasteiger partial charge in [-0.1, -0.05) is 12.1 Å². The second-order valence-corrected chi connectivity index (χ2v) is 5.29. The topological polar surface area (TPSA) is 37.1 Å². The van der Waals surface area contributed by atoms with Gasteiger partial charge in [0.15, 0.2) is 0 Å². The van der Waals surface area contributed by atoms with Crippen molar-refractivity contribution in [3.05, 3.63) is 35.9 Å². The number of hydrogen-bond acceptors (Lipinski definition) is 3. The molecule has 2 aliphatic rings. The molecule has 2 heterocycles. The highest BCUT2D eigenvalue weighted by Gasteiger charge is 2.30. The van der Waals surface area contributed by atoms with E-state index >= 15 is 0 Å². The van der Waals surface area contributed by atoms with Crippen LogP contribution >= 0.6 is 10.2 Å². The van der Waals surface area contributed by atoms with Crippen molar-refractivity contribution in [2.75, 3.05) is 0 Å². The van der Waals surface area contributed by atoms with Gasteiger partial charge in [-0.25, -0.2) is 4.99 Å². The van der Waals surface area contributed by atoms with Crippen molar-refractivity contribution in [2.24, 2.45) is 14.6 Å². The molecule has 0 saturated heterocycles. The predicted octanol–water partition coefficient (Wildman–Crippen LogP) is 3.38. The van der Waals surface area contributed by atoms with Crippen LogP contribution in [0.3, 0.4) is 0 Å². The summed E-state index contributed by atoms with van der Waals surface area (Å²) in [6, 6.07) is 8.09. The lowest BCUT2D eigenvalue weighted by Gasteiger charge is -2.18. The summed E-state index contributed by atoms with van der Waals surface area (Å²) in [6.45, 7) is 0. The Labute approximate surface area is 77.4 Å². The van der Waals surface area contributed by atoms with Crippen molar-refractivity contribution in [3.63, 3.8) is 0 Å². The van der Waals surface area contributed by atoms with Gasteiger partial charge in [-0.3, -0.25) is 0 Å². The average Bonchev–Trinajstić information content (AvgIpc) is 2.78. The number of fused-ring (bicyclic) bond motifs is 2. The van der Waals surface area contributed by atoms with E-state index in [-0.39, 0.29) is 0 Å². The zero-order valence-electron chi connectivity index (χ0n) is 6.79. The third-order valence-corrected chi connectivity index (χ3v) is 4.47. The molecule has 3 rings (SSSR count). The van der Waals surface area contributed by atoms with Gasteiger partial charge in [-0.2, -0.15) is 5.11 Å². The second-order valence-electron chi connectivity index (χ2n) is 2.86. The van der Waals surface area contributed by atoms with Crippen LogP contribution in [-0.2, 0) is 0 Å². The molecule has 0 radical (unpaired) electrons. The van der Waals surface area contributed by atoms with Crippen LogP contribution in [0.1, 0.15) is 0 Å². The molecule has 4 heteroatoms. The van der Waals surface area contributed by atoms with Gasteiger partial charge in [0, 0.05) is 10.3 Å². The first-order valence-corrected chi connectivity index (χ1v) is 5.67. The Hall–Kier alpha value is -1.42. The fourth-order valence-corrected chi connectivity index (χ4v) is 3.45. The summed E-state index contributed by atoms with van der Waals surface area (Å²) >= 11 is 0. The van der Waals surface area contributed by atoms with E-state index in [1.165, 1.54) is 4.90 Å². The van der Waals surface area contributed by atoms with Crippen molar-refractivity contribution < 1.29 is 0 Å². The molecule has 0 saturated carbocycles. The Morgan fingerprint density at radius 1 is 1.15 bits per heavy atom. The van der Waals surface area contributed by atoms with E-state index in [1.54, 1.807) is 6.20 Å². The maximum Gasteiger partial charge on any atom is 0.0780 e. The summed E-state index contributed by atoms with van der Waals surface area (Å²) < 4.78 is 4.26. The van der Waals surface area contributed by atoms with Crippen LogP contribution in [-0.4, -0.2) is 5.55 Å². The molecule has 1 aromatic rings. The molecule has 0 N–H and O–H groups in total. The molecule has 0 bridgehead atoms. The van der Waals surface area contributed by atoms with E-state index in [0.29, 0.717) is 0 Å². The second kappa shape index (κ2) is 2.29. The molecule has 0 aliphatic carbocycles. The number of benzene rings is 1. The van der Waals surface area contributed by atoms with Crippen LogP contribution in [0.2, 0.25) is 0 Å². The lowest BCUT2D eigenvalue weighted by molar-refractivity contribution is 1.34. The van der Waals surface area contributed by atoms with E-state index < -0.39 is 10.2 Å². The summed E-state index contributed by atoms with van der Waals surface area (Å²) in [5.74, 6) is 0. The van der Waals surface area contributed by atoms with E-state index in [2.05, 4.69) is 20.7 Å². The fraction of sp³-hybridized carbons (Fsp3) is 0. The summed E-state index contributed by atoms with van der Waals surface area (Å²) in [4.78, 5) is 5.54. The van der Waals surface area contributed by atoms with Gasteiger partial charge in [0.05, 0.1) is 17.4 Å². The molecule has 2 aliphatic heterocycles. The zero-order chi connectivity index (χ0) is 8.73. The predicted molar refractivity (Wildman–Crippen MR) is 54.4 cm³/mol. The molecular weight excluding hydrogens is 182 g/mol. The minimum atomic E-state index is -1.30. The third kappa shape index (κ3) is 0.833. The Morgan fingerprint density at radius 3 is 2.92 bits per heavy atom. The maximum atomic E-state index is 4.34. The fourth-order valence-electron chi connectivity index (χ4n) is 1.46. The van der Waals surface area contributed by atoms with Crippen molar-refractivity contribution in [3.8, 4) is 0 Å². The Kier molecular flexibility index (Phi) is 1.24. The van der Waals surface area contributed by atoms with Crippen molar-refractivity contribution in [1.82, 2.24) is 0 Å². The number of rotatable bonds is 0. The van der Waals surface area contributed by atoms with Gasteiger partial charge >= 0.3 is 0 Å². The highest BCUT2D eigenvalue weighted by molar-refractivity contribution is 8.45. The molecule has 0 aromatic heterocycles. The minimum absolute atomic E-state index is 1.03. The normalized spacial score (nSPS) is 32.3. The first-order valence-electron chi connectivity index (χ1n) is 3.96. The van der Waals surface area contributed by atoms with Gasteiger partial charge in [0.1, 0.15) is 0 Å². The van der Waals surface area contributed by atoms with Gasteiger partial charge in [-0.15, -0.1) is 4.52 Å². The van der Waals surface area contributed by atoms with Gasteiger partial charge in [-0.05, 0) is 22.3 Å². The molecule has 13 heavy (non-hydrogen) atoms. The maximum absolute atomic E-state index is 4.34. The van der Waals surface area contributed by atoms with Gasteiger partial charge in [0.25, 0.3) is 0 Å². The Bertz CT molecular complexity index is 436. The Balaban J connectivity index is 2.28. The van der Waals surface area contributed by atoms with Gasteiger partial charge in [0.2, 0.25) is 0 Å². The van der Waals surface area contributed by atoms with Crippen LogP contribution in [0.15, 0.2) is 55.4 Å². The average molecular weight is 189 g/mol. The summed E-state index contributed by atoms with van der Waals surface area (Å²) in [6.07, 6.45) is 1.75. The van der Waals surface area contributed by atoms with Crippen LogP contribution in [0.4, 0.5) is 5.69 Å². The van der Waals surface area contributed by atoms with Crippen LogP contribution in [0.25, 0.3) is 0 Å². The molecule has 64 valence electrons. The highest BCUT2D eigenvalue weighted by atomic mass is 32.3. The third-order valence-electron chi connectivity index (χ3n) is 2.09. The SMILES string of the molecule is C1=CS2(C=Nc3ccccc32)N=N1. The lowest BCUT2D eigenvalue weighted by Crippen LogP contribution is -1.86. The Morgan fingerprint density at radius 2 is 2.08 bits per heavy atom. The molecule has 1 atom stereocenters. The number of aliphatic imine (C=N–C) groups is 1. The van der Waals surface area contributed by atoms with E-state index in [1.807, 2.05) is 29.2 Å². The molecule has 1 aromatic carbocycles. The smallest absolute Gasteiger partial charge is 0.0780 e. The minimum Gasteiger partial charge on any atom is -0.248 e. The molecule has 0 amide bonds. The molecule has 1 spiro atoms. The van der Waals surface area contributed by atoms with Crippen LogP contribution in [0, 0.1) is 0 Å². The van der Waals surface area contributed by atoms with E-state index in [0.717, 1.165) is 5.69 Å². The monoisotopic (exact) mass is 189 g/mol. The molecule has 3 nitrogen and oxygen atoms in total. The summed E-state index contributed by atoms with van der Waals surface area (Å²) in [5.41, 5.74) is 2.95. The van der Waals surface area contributed by atoms with Crippen LogP contribution < -0.4 is 0 Å². The number of para-hydroxylation sites is 1. The molecule has 0 fully saturated rings.